The first-order valence-corrected chi connectivity index (χ1v) is 12.9. The van der Waals surface area contributed by atoms with Crippen LogP contribution in [0.3, 0.4) is 0 Å². The van der Waals surface area contributed by atoms with Gasteiger partial charge in [0.2, 0.25) is 5.75 Å². The minimum atomic E-state index is -0.588. The number of nitrogens with zero attached hydrogens (tertiary/aromatic N) is 3. The minimum absolute atomic E-state index is 0.0403. The Bertz CT molecular complexity index is 1500. The van der Waals surface area contributed by atoms with Crippen LogP contribution in [-0.4, -0.2) is 27.7 Å². The molecular weight excluding hydrogens is 568 g/mol. The van der Waals surface area contributed by atoms with Crippen molar-refractivity contribution in [2.45, 2.75) is 40.4 Å². The summed E-state index contributed by atoms with van der Waals surface area (Å²) in [6.07, 6.45) is 0.974. The molecule has 0 saturated carbocycles. The summed E-state index contributed by atoms with van der Waals surface area (Å²) in [6, 6.07) is 18.0. The lowest BCUT2D eigenvalue weighted by molar-refractivity contribution is -0.386. The molecule has 0 saturated heterocycles. The van der Waals surface area contributed by atoms with Crippen LogP contribution in [0.15, 0.2) is 74.7 Å². The molecule has 0 radical (unpaired) electrons. The number of carbonyl (C=O) groups is 1. The van der Waals surface area contributed by atoms with Gasteiger partial charge in [-0.25, -0.2) is 5.43 Å². The van der Waals surface area contributed by atoms with Gasteiger partial charge in [0.15, 0.2) is 5.76 Å². The second-order valence-electron chi connectivity index (χ2n) is 8.97. The van der Waals surface area contributed by atoms with Crippen LogP contribution in [0.25, 0.3) is 5.69 Å². The molecule has 0 unspecified atom stereocenters. The molecule has 2 aromatic carbocycles. The number of benzene rings is 2. The van der Waals surface area contributed by atoms with E-state index < -0.39 is 10.8 Å². The number of halogens is 1. The number of rotatable bonds is 10. The van der Waals surface area contributed by atoms with E-state index in [0.717, 1.165) is 17.1 Å². The molecule has 39 heavy (non-hydrogen) atoms. The molecule has 11 heteroatoms. The summed E-state index contributed by atoms with van der Waals surface area (Å²) in [5.74, 6) is 0.630. The Kier molecular flexibility index (Phi) is 8.50. The highest BCUT2D eigenvalue weighted by Gasteiger charge is 2.21. The van der Waals surface area contributed by atoms with Crippen molar-refractivity contribution in [3.05, 3.63) is 104 Å². The molecule has 202 valence electrons. The summed E-state index contributed by atoms with van der Waals surface area (Å²) < 4.78 is 19.7. The number of nitrogens with one attached hydrogen (secondary N) is 1. The fourth-order valence-electron chi connectivity index (χ4n) is 3.91. The predicted molar refractivity (Wildman–Crippen MR) is 150 cm³/mol. The number of hydrazone groups is 1. The monoisotopic (exact) mass is 594 g/mol. The smallest absolute Gasteiger partial charge is 0.312 e. The summed E-state index contributed by atoms with van der Waals surface area (Å²) >= 11 is 3.25. The maximum Gasteiger partial charge on any atom is 0.312 e. The third-order valence-corrected chi connectivity index (χ3v) is 6.07. The summed E-state index contributed by atoms with van der Waals surface area (Å²) in [4.78, 5) is 23.5. The molecule has 1 amide bonds. The van der Waals surface area contributed by atoms with Gasteiger partial charge >= 0.3 is 11.6 Å². The minimum Gasteiger partial charge on any atom is -0.486 e. The highest BCUT2D eigenvalue weighted by atomic mass is 79.9. The van der Waals surface area contributed by atoms with E-state index in [0.29, 0.717) is 21.5 Å². The van der Waals surface area contributed by atoms with Gasteiger partial charge in [0.1, 0.15) is 18.1 Å². The Morgan fingerprint density at radius 2 is 1.82 bits per heavy atom. The van der Waals surface area contributed by atoms with Crippen LogP contribution in [0.1, 0.15) is 47.1 Å². The van der Waals surface area contributed by atoms with Crippen molar-refractivity contribution < 1.29 is 23.6 Å². The Labute approximate surface area is 233 Å². The first kappa shape index (κ1) is 27.6. The predicted octanol–water partition coefficient (Wildman–Crippen LogP) is 6.49. The van der Waals surface area contributed by atoms with Crippen LogP contribution >= 0.6 is 15.9 Å². The zero-order valence-corrected chi connectivity index (χ0v) is 23.4. The number of furan rings is 1. The first-order valence-electron chi connectivity index (χ1n) is 12.1. The number of aryl methyl sites for hydroxylation is 2. The maximum atomic E-state index is 12.5. The van der Waals surface area contributed by atoms with Crippen molar-refractivity contribution in [2.24, 2.45) is 5.10 Å². The van der Waals surface area contributed by atoms with Crippen molar-refractivity contribution in [1.29, 1.82) is 0 Å². The Morgan fingerprint density at radius 3 is 2.46 bits per heavy atom. The topological polar surface area (TPSA) is 121 Å². The lowest BCUT2D eigenvalue weighted by atomic mass is 10.2. The Morgan fingerprint density at radius 1 is 1.13 bits per heavy atom. The van der Waals surface area contributed by atoms with Gasteiger partial charge in [-0.05, 0) is 82.3 Å². The average molecular weight is 595 g/mol. The third kappa shape index (κ3) is 6.74. The summed E-state index contributed by atoms with van der Waals surface area (Å²) in [5, 5.41) is 15.4. The molecule has 0 fully saturated rings. The van der Waals surface area contributed by atoms with Crippen molar-refractivity contribution in [1.82, 2.24) is 9.99 Å². The van der Waals surface area contributed by atoms with Crippen molar-refractivity contribution >= 4 is 33.7 Å². The number of carbonyl (C=O) groups excluding carboxylic acids is 1. The van der Waals surface area contributed by atoms with Crippen LogP contribution in [-0.2, 0) is 6.61 Å². The van der Waals surface area contributed by atoms with Gasteiger partial charge in [-0.2, -0.15) is 5.10 Å². The number of aromatic nitrogens is 1. The zero-order chi connectivity index (χ0) is 28.1. The van der Waals surface area contributed by atoms with Crippen molar-refractivity contribution in [3.63, 3.8) is 0 Å². The van der Waals surface area contributed by atoms with Gasteiger partial charge in [0.05, 0.1) is 17.2 Å². The van der Waals surface area contributed by atoms with E-state index in [9.17, 15) is 14.9 Å². The average Bonchev–Trinajstić information content (AvgIpc) is 3.50. The molecule has 4 aromatic rings. The molecule has 4 rings (SSSR count). The van der Waals surface area contributed by atoms with E-state index in [1.807, 2.05) is 24.3 Å². The van der Waals surface area contributed by atoms with Gasteiger partial charge in [0.25, 0.3) is 0 Å². The summed E-state index contributed by atoms with van der Waals surface area (Å²) in [6.45, 7) is 7.76. The van der Waals surface area contributed by atoms with Gasteiger partial charge in [-0.3, -0.25) is 14.9 Å². The lowest BCUT2D eigenvalue weighted by Gasteiger charge is -2.12. The van der Waals surface area contributed by atoms with Gasteiger partial charge in [-0.15, -0.1) is 0 Å². The van der Waals surface area contributed by atoms with E-state index in [4.69, 9.17) is 13.9 Å². The molecule has 2 aromatic heterocycles. The molecule has 0 aliphatic heterocycles. The zero-order valence-electron chi connectivity index (χ0n) is 21.8. The Balaban J connectivity index is 1.37. The molecule has 10 nitrogen and oxygen atoms in total. The van der Waals surface area contributed by atoms with E-state index in [-0.39, 0.29) is 29.9 Å². The van der Waals surface area contributed by atoms with E-state index >= 15 is 0 Å². The molecule has 0 aliphatic rings. The summed E-state index contributed by atoms with van der Waals surface area (Å²) in [7, 11) is 0. The lowest BCUT2D eigenvalue weighted by Crippen LogP contribution is -2.17. The number of ether oxygens (including phenoxy) is 2. The van der Waals surface area contributed by atoms with E-state index in [1.165, 1.54) is 18.3 Å². The first-order chi connectivity index (χ1) is 18.6. The molecule has 0 bridgehead atoms. The van der Waals surface area contributed by atoms with Gasteiger partial charge in [-0.1, -0.05) is 15.9 Å². The number of hydrogen-bond acceptors (Lipinski definition) is 7. The highest BCUT2D eigenvalue weighted by molar-refractivity contribution is 9.10. The number of hydrogen-bond donors (Lipinski definition) is 1. The van der Waals surface area contributed by atoms with Crippen LogP contribution in [0, 0.1) is 24.0 Å². The van der Waals surface area contributed by atoms with Gasteiger partial charge in [0, 0.05) is 33.2 Å². The molecule has 1 N–H and O–H groups in total. The normalized spacial score (nSPS) is 11.2. The van der Waals surface area contributed by atoms with Crippen LogP contribution < -0.4 is 14.9 Å². The van der Waals surface area contributed by atoms with Crippen molar-refractivity contribution in [2.75, 3.05) is 0 Å². The number of nitro groups is 1. The quantitative estimate of drug-likeness (QED) is 0.127. The number of nitro benzene ring substituents is 1. The highest BCUT2D eigenvalue weighted by Crippen LogP contribution is 2.34. The molecule has 2 heterocycles. The second kappa shape index (κ2) is 12.0. The van der Waals surface area contributed by atoms with Crippen molar-refractivity contribution in [3.8, 4) is 17.2 Å². The van der Waals surface area contributed by atoms with Gasteiger partial charge < -0.3 is 18.5 Å². The molecule has 0 atom stereocenters. The largest absolute Gasteiger partial charge is 0.486 e. The van der Waals surface area contributed by atoms with Crippen LogP contribution in [0.4, 0.5) is 5.69 Å². The Hall–Kier alpha value is -4.38. The van der Waals surface area contributed by atoms with Crippen LogP contribution in [0.5, 0.6) is 11.5 Å². The SMILES string of the molecule is Cc1ccc(C)n1-c1ccc(OCc2ccc(C(=O)N/N=C/c3cc(Br)cc([N+](=O)[O-])c3OC(C)C)o2)cc1. The maximum absolute atomic E-state index is 12.5. The fraction of sp³-hybridized carbons (Fsp3) is 0.214. The van der Waals surface area contributed by atoms with E-state index in [2.05, 4.69) is 57.0 Å². The van der Waals surface area contributed by atoms with E-state index in [1.54, 1.807) is 26.0 Å². The molecule has 0 spiro atoms. The third-order valence-electron chi connectivity index (χ3n) is 5.62. The standard InChI is InChI=1S/C28H27BrN4O6/c1-17(2)38-27-20(13-21(29)14-25(27)33(35)36)15-30-31-28(34)26-12-11-24(39-26)16-37-23-9-7-22(8-10-23)32-18(3)5-6-19(32)4/h5-15,17H,16H2,1-4H3,(H,31,34)/b30-15+. The molecule has 0 aliphatic carbocycles. The summed E-state index contributed by atoms with van der Waals surface area (Å²) in [5.41, 5.74) is 5.81. The second-order valence-corrected chi connectivity index (χ2v) is 9.88. The van der Waals surface area contributed by atoms with Crippen LogP contribution in [0.2, 0.25) is 0 Å². The number of amides is 1. The molecular formula is C28H27BrN4O6. The fourth-order valence-corrected chi connectivity index (χ4v) is 4.37.